The monoisotopic (exact) mass is 532 g/mol. The smallest absolute Gasteiger partial charge is 0.0726 e. The van der Waals surface area contributed by atoms with E-state index in [-0.39, 0.29) is 5.41 Å². The van der Waals surface area contributed by atoms with E-state index in [1.54, 1.807) is 0 Å². The SMILES string of the molecule is c1ccc(Sc2ccc3c(c2)C2(c4ccccc4-c4ccccc42)c2cc(Sc4ccccc4)ccc2-3)cc1. The second-order valence-corrected chi connectivity index (χ2v) is 12.4. The highest BCUT2D eigenvalue weighted by Gasteiger charge is 2.51. The molecule has 0 aromatic heterocycles. The average Bonchev–Trinajstić information content (AvgIpc) is 3.45. The van der Waals surface area contributed by atoms with Crippen molar-refractivity contribution in [2.45, 2.75) is 25.0 Å². The second kappa shape index (κ2) is 9.05. The van der Waals surface area contributed by atoms with Gasteiger partial charge < -0.3 is 0 Å². The zero-order chi connectivity index (χ0) is 25.8. The fourth-order valence-corrected chi connectivity index (χ4v) is 8.23. The van der Waals surface area contributed by atoms with E-state index in [1.807, 2.05) is 23.5 Å². The van der Waals surface area contributed by atoms with Crippen LogP contribution in [0, 0.1) is 0 Å². The maximum absolute atomic E-state index is 2.45. The van der Waals surface area contributed by atoms with Gasteiger partial charge in [0.1, 0.15) is 0 Å². The van der Waals surface area contributed by atoms with Crippen molar-refractivity contribution in [3.8, 4) is 22.3 Å². The molecule has 39 heavy (non-hydrogen) atoms. The van der Waals surface area contributed by atoms with Gasteiger partial charge >= 0.3 is 0 Å². The van der Waals surface area contributed by atoms with Crippen molar-refractivity contribution in [1.82, 2.24) is 0 Å². The molecule has 1 spiro atoms. The molecule has 2 aliphatic rings. The molecule has 0 atom stereocenters. The molecule has 0 unspecified atom stereocenters. The summed E-state index contributed by atoms with van der Waals surface area (Å²) in [6.45, 7) is 0. The van der Waals surface area contributed by atoms with Gasteiger partial charge in [0, 0.05) is 19.6 Å². The Balaban J connectivity index is 1.39. The van der Waals surface area contributed by atoms with Crippen LogP contribution in [0.5, 0.6) is 0 Å². The molecular formula is C37H24S2. The average molecular weight is 533 g/mol. The highest BCUT2D eigenvalue weighted by molar-refractivity contribution is 7.99. The molecule has 0 heterocycles. The Morgan fingerprint density at radius 2 is 0.692 bits per heavy atom. The molecular weight excluding hydrogens is 509 g/mol. The van der Waals surface area contributed by atoms with Crippen LogP contribution in [0.15, 0.2) is 165 Å². The fourth-order valence-electron chi connectivity index (χ4n) is 6.47. The minimum absolute atomic E-state index is 0.335. The highest BCUT2D eigenvalue weighted by Crippen LogP contribution is 2.63. The molecule has 8 rings (SSSR count). The van der Waals surface area contributed by atoms with E-state index in [0.717, 1.165) is 0 Å². The fraction of sp³-hybridized carbons (Fsp3) is 0.0270. The summed E-state index contributed by atoms with van der Waals surface area (Å²) in [6, 6.07) is 53.6. The molecule has 0 saturated heterocycles. The molecule has 0 N–H and O–H groups in total. The van der Waals surface area contributed by atoms with Crippen molar-refractivity contribution in [1.29, 1.82) is 0 Å². The van der Waals surface area contributed by atoms with Gasteiger partial charge in [-0.1, -0.05) is 121 Å². The predicted octanol–water partition coefficient (Wildman–Crippen LogP) is 10.3. The third kappa shape index (κ3) is 3.49. The zero-order valence-electron chi connectivity index (χ0n) is 21.2. The molecule has 0 fully saturated rings. The Bertz CT molecular complexity index is 1720. The third-order valence-electron chi connectivity index (χ3n) is 7.99. The standard InChI is InChI=1S/C37H24S2/c1-3-11-25(12-4-1)38-27-19-21-31-32-22-20-28(39-26-13-5-2-6-14-26)24-36(32)37(35(31)23-27)33-17-9-7-15-29(33)30-16-8-10-18-34(30)37/h1-24H. The first kappa shape index (κ1) is 23.0. The Hall–Kier alpha value is -3.98. The molecule has 0 nitrogen and oxygen atoms in total. The molecule has 0 bridgehead atoms. The number of hydrogen-bond acceptors (Lipinski definition) is 2. The lowest BCUT2D eigenvalue weighted by atomic mass is 9.70. The van der Waals surface area contributed by atoms with Crippen molar-refractivity contribution in [2.24, 2.45) is 0 Å². The van der Waals surface area contributed by atoms with Crippen LogP contribution in [-0.4, -0.2) is 0 Å². The Kier molecular flexibility index (Phi) is 5.33. The minimum Gasteiger partial charge on any atom is -0.0901 e. The molecule has 6 aromatic carbocycles. The third-order valence-corrected chi connectivity index (χ3v) is 9.99. The van der Waals surface area contributed by atoms with Gasteiger partial charge in [-0.25, -0.2) is 0 Å². The Morgan fingerprint density at radius 1 is 0.308 bits per heavy atom. The molecule has 0 saturated carbocycles. The first-order chi connectivity index (χ1) is 19.3. The van der Waals surface area contributed by atoms with Gasteiger partial charge in [0.15, 0.2) is 0 Å². The van der Waals surface area contributed by atoms with Crippen LogP contribution in [0.25, 0.3) is 22.3 Å². The van der Waals surface area contributed by atoms with E-state index in [4.69, 9.17) is 0 Å². The summed E-state index contributed by atoms with van der Waals surface area (Å²) in [7, 11) is 0. The number of benzene rings is 6. The lowest BCUT2D eigenvalue weighted by molar-refractivity contribution is 0.788. The summed E-state index contributed by atoms with van der Waals surface area (Å²) in [6.07, 6.45) is 0. The topological polar surface area (TPSA) is 0 Å². The first-order valence-corrected chi connectivity index (χ1v) is 14.9. The maximum atomic E-state index is 2.45. The summed E-state index contributed by atoms with van der Waals surface area (Å²) in [4.78, 5) is 5.06. The van der Waals surface area contributed by atoms with Crippen LogP contribution in [0.3, 0.4) is 0 Å². The van der Waals surface area contributed by atoms with Crippen LogP contribution < -0.4 is 0 Å². The van der Waals surface area contributed by atoms with Crippen LogP contribution in [-0.2, 0) is 5.41 Å². The van der Waals surface area contributed by atoms with Gasteiger partial charge in [-0.05, 0) is 93.0 Å². The van der Waals surface area contributed by atoms with E-state index >= 15 is 0 Å². The van der Waals surface area contributed by atoms with Crippen LogP contribution >= 0.6 is 23.5 Å². The van der Waals surface area contributed by atoms with Crippen molar-refractivity contribution in [3.63, 3.8) is 0 Å². The number of fused-ring (bicyclic) bond motifs is 10. The van der Waals surface area contributed by atoms with Crippen molar-refractivity contribution < 1.29 is 0 Å². The first-order valence-electron chi connectivity index (χ1n) is 13.3. The molecule has 0 radical (unpaired) electrons. The van der Waals surface area contributed by atoms with E-state index in [2.05, 4.69) is 146 Å². The number of hydrogen-bond donors (Lipinski definition) is 0. The van der Waals surface area contributed by atoms with Crippen LogP contribution in [0.4, 0.5) is 0 Å². The van der Waals surface area contributed by atoms with Gasteiger partial charge in [0.2, 0.25) is 0 Å². The molecule has 184 valence electrons. The number of rotatable bonds is 4. The van der Waals surface area contributed by atoms with Crippen molar-refractivity contribution >= 4 is 23.5 Å². The largest absolute Gasteiger partial charge is 0.0901 e. The van der Waals surface area contributed by atoms with Crippen molar-refractivity contribution in [2.75, 3.05) is 0 Å². The van der Waals surface area contributed by atoms with Crippen molar-refractivity contribution in [3.05, 3.63) is 168 Å². The van der Waals surface area contributed by atoms with Crippen LogP contribution in [0.1, 0.15) is 22.3 Å². The van der Waals surface area contributed by atoms with Gasteiger partial charge in [0.05, 0.1) is 5.41 Å². The molecule has 2 heteroatoms. The van der Waals surface area contributed by atoms with E-state index in [0.29, 0.717) is 0 Å². The molecule has 2 aliphatic carbocycles. The summed E-state index contributed by atoms with van der Waals surface area (Å²) in [5.41, 5.74) is 10.6. The maximum Gasteiger partial charge on any atom is 0.0726 e. The van der Waals surface area contributed by atoms with E-state index in [9.17, 15) is 0 Å². The molecule has 0 aliphatic heterocycles. The van der Waals surface area contributed by atoms with E-state index < -0.39 is 0 Å². The van der Waals surface area contributed by atoms with Crippen LogP contribution in [0.2, 0.25) is 0 Å². The summed E-state index contributed by atoms with van der Waals surface area (Å²) < 4.78 is 0. The second-order valence-electron chi connectivity index (χ2n) is 10.1. The van der Waals surface area contributed by atoms with E-state index in [1.165, 1.54) is 64.1 Å². The predicted molar refractivity (Wildman–Crippen MR) is 164 cm³/mol. The lowest BCUT2D eigenvalue weighted by Gasteiger charge is -2.31. The Labute approximate surface area is 237 Å². The summed E-state index contributed by atoms with van der Waals surface area (Å²) in [5, 5.41) is 0. The van der Waals surface area contributed by atoms with Gasteiger partial charge in [0.25, 0.3) is 0 Å². The summed E-state index contributed by atoms with van der Waals surface area (Å²) in [5.74, 6) is 0. The van der Waals surface area contributed by atoms with Gasteiger partial charge in [-0.15, -0.1) is 0 Å². The summed E-state index contributed by atoms with van der Waals surface area (Å²) >= 11 is 3.68. The van der Waals surface area contributed by atoms with Gasteiger partial charge in [-0.2, -0.15) is 0 Å². The zero-order valence-corrected chi connectivity index (χ0v) is 22.8. The minimum atomic E-state index is -0.335. The lowest BCUT2D eigenvalue weighted by Crippen LogP contribution is -2.26. The quantitative estimate of drug-likeness (QED) is 0.221. The Morgan fingerprint density at radius 3 is 1.15 bits per heavy atom. The normalized spacial score (nSPS) is 13.5. The van der Waals surface area contributed by atoms with Gasteiger partial charge in [-0.3, -0.25) is 0 Å². The molecule has 6 aromatic rings. The molecule has 0 amide bonds. The highest BCUT2D eigenvalue weighted by atomic mass is 32.2.